The summed E-state index contributed by atoms with van der Waals surface area (Å²) in [5.41, 5.74) is 3.07. The molecule has 2 aromatic rings. The number of cyclic esters (lactones) is 1. The molecule has 1 aliphatic rings. The van der Waals surface area contributed by atoms with Gasteiger partial charge in [-0.05, 0) is 24.6 Å². The van der Waals surface area contributed by atoms with Crippen molar-refractivity contribution in [1.29, 1.82) is 0 Å². The van der Waals surface area contributed by atoms with Gasteiger partial charge in [-0.25, -0.2) is 4.79 Å². The standard InChI is InChI=1S/C18H16O2S/c1-13-7-9-14(10-8-13)17(16-11-12-20-18(16)19)21-15-5-3-2-4-6-15/h2-10H,11-12H2,1H3/b17-16-. The Bertz CT molecular complexity index is 672. The van der Waals surface area contributed by atoms with E-state index < -0.39 is 0 Å². The summed E-state index contributed by atoms with van der Waals surface area (Å²) in [5.74, 6) is -0.186. The minimum atomic E-state index is -0.186. The fourth-order valence-electron chi connectivity index (χ4n) is 2.25. The number of hydrogen-bond acceptors (Lipinski definition) is 3. The highest BCUT2D eigenvalue weighted by Crippen LogP contribution is 2.39. The first-order chi connectivity index (χ1) is 10.2. The van der Waals surface area contributed by atoms with Crippen molar-refractivity contribution in [2.45, 2.75) is 18.2 Å². The molecule has 0 saturated carbocycles. The van der Waals surface area contributed by atoms with Gasteiger partial charge in [0.1, 0.15) is 0 Å². The zero-order chi connectivity index (χ0) is 14.7. The van der Waals surface area contributed by atoms with E-state index in [0.29, 0.717) is 13.0 Å². The van der Waals surface area contributed by atoms with E-state index in [2.05, 4.69) is 43.3 Å². The lowest BCUT2D eigenvalue weighted by Gasteiger charge is -2.10. The molecule has 21 heavy (non-hydrogen) atoms. The van der Waals surface area contributed by atoms with Gasteiger partial charge in [-0.3, -0.25) is 0 Å². The molecule has 0 unspecified atom stereocenters. The van der Waals surface area contributed by atoms with Crippen LogP contribution in [0.1, 0.15) is 17.5 Å². The lowest BCUT2D eigenvalue weighted by atomic mass is 10.1. The van der Waals surface area contributed by atoms with E-state index in [9.17, 15) is 4.79 Å². The minimum Gasteiger partial charge on any atom is -0.462 e. The van der Waals surface area contributed by atoms with Crippen LogP contribution >= 0.6 is 11.8 Å². The summed E-state index contributed by atoms with van der Waals surface area (Å²) in [4.78, 5) is 14.1. The maximum Gasteiger partial charge on any atom is 0.335 e. The van der Waals surface area contributed by atoms with Crippen LogP contribution < -0.4 is 0 Å². The molecule has 1 heterocycles. The van der Waals surface area contributed by atoms with Gasteiger partial charge in [-0.1, -0.05) is 59.8 Å². The van der Waals surface area contributed by atoms with E-state index in [1.165, 1.54) is 5.56 Å². The van der Waals surface area contributed by atoms with Crippen molar-refractivity contribution < 1.29 is 9.53 Å². The molecule has 2 nitrogen and oxygen atoms in total. The number of hydrogen-bond donors (Lipinski definition) is 0. The van der Waals surface area contributed by atoms with E-state index in [1.807, 2.05) is 18.2 Å². The van der Waals surface area contributed by atoms with Gasteiger partial charge in [0.15, 0.2) is 0 Å². The molecule has 1 saturated heterocycles. The minimum absolute atomic E-state index is 0.186. The highest BCUT2D eigenvalue weighted by Gasteiger charge is 2.24. The van der Waals surface area contributed by atoms with Crippen LogP contribution in [0.2, 0.25) is 0 Å². The van der Waals surface area contributed by atoms with E-state index in [-0.39, 0.29) is 5.97 Å². The molecule has 0 N–H and O–H groups in total. The third kappa shape index (κ3) is 3.19. The number of carbonyl (C=O) groups is 1. The van der Waals surface area contributed by atoms with Crippen molar-refractivity contribution in [1.82, 2.24) is 0 Å². The fraction of sp³-hybridized carbons (Fsp3) is 0.167. The third-order valence-electron chi connectivity index (χ3n) is 3.38. The Morgan fingerprint density at radius 2 is 1.76 bits per heavy atom. The molecule has 3 rings (SSSR count). The first-order valence-corrected chi connectivity index (χ1v) is 7.76. The SMILES string of the molecule is Cc1ccc(/C(Sc2ccccc2)=C2\CCOC2=O)cc1. The average molecular weight is 296 g/mol. The molecule has 0 aliphatic carbocycles. The summed E-state index contributed by atoms with van der Waals surface area (Å²) in [7, 11) is 0. The first kappa shape index (κ1) is 14.0. The molecular formula is C18H16O2S. The van der Waals surface area contributed by atoms with Gasteiger partial charge in [-0.2, -0.15) is 0 Å². The lowest BCUT2D eigenvalue weighted by Crippen LogP contribution is -1.98. The molecule has 106 valence electrons. The van der Waals surface area contributed by atoms with Crippen LogP contribution in [0.15, 0.2) is 65.1 Å². The van der Waals surface area contributed by atoms with Crippen LogP contribution in [0.25, 0.3) is 4.91 Å². The summed E-state index contributed by atoms with van der Waals surface area (Å²) < 4.78 is 5.12. The monoisotopic (exact) mass is 296 g/mol. The summed E-state index contributed by atoms with van der Waals surface area (Å²) in [6.45, 7) is 2.55. The van der Waals surface area contributed by atoms with Crippen LogP contribution in [0, 0.1) is 6.92 Å². The molecule has 1 aliphatic heterocycles. The quantitative estimate of drug-likeness (QED) is 0.475. The molecule has 0 aromatic heterocycles. The van der Waals surface area contributed by atoms with Crippen molar-refractivity contribution in [2.75, 3.05) is 6.61 Å². The Labute approximate surface area is 128 Å². The molecule has 0 atom stereocenters. The molecule has 0 amide bonds. The summed E-state index contributed by atoms with van der Waals surface area (Å²) in [6, 6.07) is 18.4. The number of benzene rings is 2. The van der Waals surface area contributed by atoms with Crippen molar-refractivity contribution >= 4 is 22.6 Å². The van der Waals surface area contributed by atoms with Gasteiger partial charge in [0.05, 0.1) is 12.2 Å². The van der Waals surface area contributed by atoms with Gasteiger partial charge < -0.3 is 4.74 Å². The zero-order valence-corrected chi connectivity index (χ0v) is 12.7. The second-order valence-corrected chi connectivity index (χ2v) is 6.06. The largest absolute Gasteiger partial charge is 0.462 e. The molecule has 0 radical (unpaired) electrons. The molecule has 2 aromatic carbocycles. The maximum absolute atomic E-state index is 12.0. The van der Waals surface area contributed by atoms with Gasteiger partial charge >= 0.3 is 5.97 Å². The second-order valence-electron chi connectivity index (χ2n) is 4.97. The summed E-state index contributed by atoms with van der Waals surface area (Å²) >= 11 is 1.63. The predicted molar refractivity (Wildman–Crippen MR) is 86.0 cm³/mol. The number of rotatable bonds is 3. The van der Waals surface area contributed by atoms with Crippen LogP contribution in [-0.4, -0.2) is 12.6 Å². The summed E-state index contributed by atoms with van der Waals surface area (Å²) in [5, 5.41) is 0. The Balaban J connectivity index is 2.03. The molecular weight excluding hydrogens is 280 g/mol. The van der Waals surface area contributed by atoms with E-state index >= 15 is 0 Å². The van der Waals surface area contributed by atoms with Crippen LogP contribution in [0.4, 0.5) is 0 Å². The Morgan fingerprint density at radius 3 is 2.38 bits per heavy atom. The third-order valence-corrected chi connectivity index (χ3v) is 4.58. The molecule has 3 heteroatoms. The average Bonchev–Trinajstić information content (AvgIpc) is 2.93. The number of carbonyl (C=O) groups excluding carboxylic acids is 1. The van der Waals surface area contributed by atoms with Crippen molar-refractivity contribution in [3.05, 3.63) is 71.3 Å². The van der Waals surface area contributed by atoms with E-state index in [4.69, 9.17) is 4.74 Å². The van der Waals surface area contributed by atoms with Crippen molar-refractivity contribution in [3.63, 3.8) is 0 Å². The molecule has 0 spiro atoms. The zero-order valence-electron chi connectivity index (χ0n) is 11.8. The Morgan fingerprint density at radius 1 is 1.05 bits per heavy atom. The van der Waals surface area contributed by atoms with Crippen LogP contribution in [0.5, 0.6) is 0 Å². The number of esters is 1. The predicted octanol–water partition coefficient (Wildman–Crippen LogP) is 4.45. The van der Waals surface area contributed by atoms with Crippen LogP contribution in [-0.2, 0) is 9.53 Å². The molecule has 1 fully saturated rings. The lowest BCUT2D eigenvalue weighted by molar-refractivity contribution is -0.134. The fourth-order valence-corrected chi connectivity index (χ4v) is 3.34. The van der Waals surface area contributed by atoms with Gasteiger partial charge in [0.2, 0.25) is 0 Å². The second kappa shape index (κ2) is 6.19. The Hall–Kier alpha value is -2.00. The molecule has 0 bridgehead atoms. The van der Waals surface area contributed by atoms with E-state index in [1.54, 1.807) is 11.8 Å². The Kier molecular flexibility index (Phi) is 4.11. The number of ether oxygens (including phenoxy) is 1. The van der Waals surface area contributed by atoms with Crippen molar-refractivity contribution in [2.24, 2.45) is 0 Å². The van der Waals surface area contributed by atoms with Gasteiger partial charge in [0.25, 0.3) is 0 Å². The number of aryl methyl sites for hydroxylation is 1. The number of thioether (sulfide) groups is 1. The normalized spacial score (nSPS) is 16.7. The van der Waals surface area contributed by atoms with Gasteiger partial charge in [-0.15, -0.1) is 0 Å². The highest BCUT2D eigenvalue weighted by molar-refractivity contribution is 8.08. The van der Waals surface area contributed by atoms with Crippen molar-refractivity contribution in [3.8, 4) is 0 Å². The first-order valence-electron chi connectivity index (χ1n) is 6.94. The smallest absolute Gasteiger partial charge is 0.335 e. The van der Waals surface area contributed by atoms with E-state index in [0.717, 1.165) is 20.9 Å². The summed E-state index contributed by atoms with van der Waals surface area (Å²) in [6.07, 6.45) is 0.682. The topological polar surface area (TPSA) is 26.3 Å². The van der Waals surface area contributed by atoms with Crippen LogP contribution in [0.3, 0.4) is 0 Å². The van der Waals surface area contributed by atoms with Gasteiger partial charge in [0, 0.05) is 16.2 Å². The highest BCUT2D eigenvalue weighted by atomic mass is 32.2. The maximum atomic E-state index is 12.0.